The molecule has 0 bridgehead atoms. The van der Waals surface area contributed by atoms with Crippen molar-refractivity contribution in [2.45, 2.75) is 24.3 Å². The molecule has 0 saturated carbocycles. The summed E-state index contributed by atoms with van der Waals surface area (Å²) in [5.74, 6) is 0.765. The Balaban J connectivity index is 1.53. The highest BCUT2D eigenvalue weighted by Gasteiger charge is 2.11. The van der Waals surface area contributed by atoms with Gasteiger partial charge in [-0.1, -0.05) is 24.3 Å². The summed E-state index contributed by atoms with van der Waals surface area (Å²) in [4.78, 5) is 30.0. The minimum absolute atomic E-state index is 0.0218. The predicted molar refractivity (Wildman–Crippen MR) is 97.3 cm³/mol. The molecule has 6 heteroatoms. The maximum Gasteiger partial charge on any atom is 0.323 e. The highest BCUT2D eigenvalue weighted by atomic mass is 32.2. The number of amides is 1. The molecule has 124 valence electrons. The number of hydrogen-bond donors (Lipinski definition) is 3. The van der Waals surface area contributed by atoms with E-state index in [1.807, 2.05) is 55.5 Å². The van der Waals surface area contributed by atoms with Crippen LogP contribution in [-0.4, -0.2) is 21.6 Å². The van der Waals surface area contributed by atoms with Crippen molar-refractivity contribution < 1.29 is 4.79 Å². The number of carbonyl (C=O) groups excluding carboxylic acids is 1. The largest absolute Gasteiger partial charge is 0.350 e. The zero-order chi connectivity index (χ0) is 16.9. The summed E-state index contributed by atoms with van der Waals surface area (Å²) >= 11 is 1.67. The van der Waals surface area contributed by atoms with Gasteiger partial charge in [-0.2, -0.15) is 0 Å². The Kier molecular flexibility index (Phi) is 5.05. The van der Waals surface area contributed by atoms with Gasteiger partial charge in [0.1, 0.15) is 0 Å². The number of hydrogen-bond acceptors (Lipinski definition) is 3. The molecule has 1 amide bonds. The third-order valence-electron chi connectivity index (χ3n) is 3.76. The van der Waals surface area contributed by atoms with Gasteiger partial charge in [0.2, 0.25) is 5.91 Å². The second-order valence-electron chi connectivity index (χ2n) is 5.58. The van der Waals surface area contributed by atoms with Gasteiger partial charge in [0, 0.05) is 17.1 Å². The zero-order valence-corrected chi connectivity index (χ0v) is 14.2. The molecule has 0 radical (unpaired) electrons. The number of nitrogens with one attached hydrogen (secondary N) is 3. The minimum atomic E-state index is -0.225. The average Bonchev–Trinajstić information content (AvgIpc) is 2.94. The van der Waals surface area contributed by atoms with E-state index in [1.54, 1.807) is 11.8 Å². The van der Waals surface area contributed by atoms with Crippen LogP contribution < -0.4 is 11.0 Å². The number of carbonyl (C=O) groups is 1. The molecular formula is C18H19N3O2S. The standard InChI is InChI=1S/C18H19N3O2S/c1-12(13-7-8-15-16(11-13)21-18(23)20-15)19-17(22)9-10-24-14-5-3-2-4-6-14/h2-8,11-12H,9-10H2,1H3,(H,19,22)(H2,20,21,23)/t12-/m1/s1. The Morgan fingerprint density at radius 1 is 1.12 bits per heavy atom. The molecule has 1 atom stereocenters. The van der Waals surface area contributed by atoms with Crippen LogP contribution in [0.4, 0.5) is 0 Å². The molecule has 24 heavy (non-hydrogen) atoms. The Morgan fingerprint density at radius 3 is 2.67 bits per heavy atom. The van der Waals surface area contributed by atoms with Crippen LogP contribution in [0, 0.1) is 0 Å². The molecule has 3 N–H and O–H groups in total. The van der Waals surface area contributed by atoms with Crippen LogP contribution in [0.2, 0.25) is 0 Å². The highest BCUT2D eigenvalue weighted by molar-refractivity contribution is 7.99. The zero-order valence-electron chi connectivity index (χ0n) is 13.3. The molecule has 0 fully saturated rings. The van der Waals surface area contributed by atoms with Crippen molar-refractivity contribution >= 4 is 28.7 Å². The lowest BCUT2D eigenvalue weighted by molar-refractivity contribution is -0.121. The quantitative estimate of drug-likeness (QED) is 0.603. The van der Waals surface area contributed by atoms with Crippen LogP contribution >= 0.6 is 11.8 Å². The average molecular weight is 341 g/mol. The third-order valence-corrected chi connectivity index (χ3v) is 4.77. The van der Waals surface area contributed by atoms with Crippen LogP contribution in [-0.2, 0) is 4.79 Å². The first kappa shape index (κ1) is 16.4. The Hall–Kier alpha value is -2.47. The van der Waals surface area contributed by atoms with Crippen molar-refractivity contribution in [1.29, 1.82) is 0 Å². The number of fused-ring (bicyclic) bond motifs is 1. The number of thioether (sulfide) groups is 1. The van der Waals surface area contributed by atoms with Gasteiger partial charge < -0.3 is 15.3 Å². The van der Waals surface area contributed by atoms with E-state index in [0.717, 1.165) is 22.3 Å². The predicted octanol–water partition coefficient (Wildman–Crippen LogP) is 3.22. The maximum atomic E-state index is 12.1. The lowest BCUT2D eigenvalue weighted by Gasteiger charge is -2.14. The van der Waals surface area contributed by atoms with E-state index >= 15 is 0 Å². The molecule has 3 aromatic rings. The fourth-order valence-electron chi connectivity index (χ4n) is 2.49. The van der Waals surface area contributed by atoms with Crippen molar-refractivity contribution in [3.8, 4) is 0 Å². The minimum Gasteiger partial charge on any atom is -0.350 e. The van der Waals surface area contributed by atoms with Crippen LogP contribution in [0.15, 0.2) is 58.2 Å². The smallest absolute Gasteiger partial charge is 0.323 e. The summed E-state index contributed by atoms with van der Waals surface area (Å²) in [6.07, 6.45) is 0.465. The molecule has 1 heterocycles. The van der Waals surface area contributed by atoms with E-state index in [0.29, 0.717) is 6.42 Å². The molecular weight excluding hydrogens is 322 g/mol. The van der Waals surface area contributed by atoms with E-state index in [9.17, 15) is 9.59 Å². The number of imidazole rings is 1. The first-order valence-corrected chi connectivity index (χ1v) is 8.79. The number of aromatic nitrogens is 2. The first-order valence-electron chi connectivity index (χ1n) is 7.81. The summed E-state index contributed by atoms with van der Waals surface area (Å²) in [6.45, 7) is 1.94. The van der Waals surface area contributed by atoms with E-state index in [2.05, 4.69) is 15.3 Å². The molecule has 2 aromatic carbocycles. The fraction of sp³-hybridized carbons (Fsp3) is 0.222. The van der Waals surface area contributed by atoms with Gasteiger partial charge in [0.05, 0.1) is 17.1 Å². The number of aromatic amines is 2. The molecule has 0 aliphatic carbocycles. The number of rotatable bonds is 6. The molecule has 3 rings (SSSR count). The van der Waals surface area contributed by atoms with Gasteiger partial charge >= 0.3 is 5.69 Å². The van der Waals surface area contributed by atoms with E-state index < -0.39 is 0 Å². The first-order chi connectivity index (χ1) is 11.6. The normalized spacial score (nSPS) is 12.2. The summed E-state index contributed by atoms with van der Waals surface area (Å²) in [5.41, 5.74) is 2.25. The van der Waals surface area contributed by atoms with Crippen LogP contribution in [0.5, 0.6) is 0 Å². The van der Waals surface area contributed by atoms with Gasteiger partial charge in [-0.25, -0.2) is 4.79 Å². The van der Waals surface area contributed by atoms with Gasteiger partial charge in [-0.05, 0) is 36.8 Å². The van der Waals surface area contributed by atoms with Crippen LogP contribution in [0.25, 0.3) is 11.0 Å². The van der Waals surface area contributed by atoms with E-state index in [-0.39, 0.29) is 17.6 Å². The van der Waals surface area contributed by atoms with Crippen molar-refractivity contribution in [1.82, 2.24) is 15.3 Å². The molecule has 0 aliphatic heterocycles. The Morgan fingerprint density at radius 2 is 1.88 bits per heavy atom. The van der Waals surface area contributed by atoms with Gasteiger partial charge in [0.25, 0.3) is 0 Å². The molecule has 5 nitrogen and oxygen atoms in total. The SMILES string of the molecule is C[C@@H](NC(=O)CCSc1ccccc1)c1ccc2[nH]c(=O)[nH]c2c1. The van der Waals surface area contributed by atoms with Crippen molar-refractivity contribution in [3.63, 3.8) is 0 Å². The summed E-state index contributed by atoms with van der Waals surface area (Å²) in [6, 6.07) is 15.6. The number of H-pyrrole nitrogens is 2. The molecule has 0 unspecified atom stereocenters. The molecule has 0 saturated heterocycles. The lowest BCUT2D eigenvalue weighted by atomic mass is 10.1. The van der Waals surface area contributed by atoms with E-state index in [1.165, 1.54) is 4.90 Å². The Labute approximate surface area is 143 Å². The lowest BCUT2D eigenvalue weighted by Crippen LogP contribution is -2.26. The van der Waals surface area contributed by atoms with Crippen molar-refractivity contribution in [3.05, 3.63) is 64.6 Å². The maximum absolute atomic E-state index is 12.1. The fourth-order valence-corrected chi connectivity index (χ4v) is 3.37. The Bertz CT molecular complexity index is 886. The molecule has 0 aliphatic rings. The van der Waals surface area contributed by atoms with E-state index in [4.69, 9.17) is 0 Å². The number of benzene rings is 2. The third kappa shape index (κ3) is 4.08. The second kappa shape index (κ2) is 7.40. The molecule has 1 aromatic heterocycles. The van der Waals surface area contributed by atoms with Crippen LogP contribution in [0.1, 0.15) is 24.9 Å². The van der Waals surface area contributed by atoms with Crippen molar-refractivity contribution in [2.75, 3.05) is 5.75 Å². The summed E-state index contributed by atoms with van der Waals surface area (Å²) in [7, 11) is 0. The molecule has 0 spiro atoms. The summed E-state index contributed by atoms with van der Waals surface area (Å²) < 4.78 is 0. The van der Waals surface area contributed by atoms with Gasteiger partial charge in [0.15, 0.2) is 0 Å². The second-order valence-corrected chi connectivity index (χ2v) is 6.75. The van der Waals surface area contributed by atoms with Gasteiger partial charge in [-0.15, -0.1) is 11.8 Å². The van der Waals surface area contributed by atoms with Crippen molar-refractivity contribution in [2.24, 2.45) is 0 Å². The topological polar surface area (TPSA) is 77.8 Å². The van der Waals surface area contributed by atoms with Crippen LogP contribution in [0.3, 0.4) is 0 Å². The monoisotopic (exact) mass is 341 g/mol. The highest BCUT2D eigenvalue weighted by Crippen LogP contribution is 2.19. The summed E-state index contributed by atoms with van der Waals surface area (Å²) in [5, 5.41) is 3.00. The van der Waals surface area contributed by atoms with Gasteiger partial charge in [-0.3, -0.25) is 4.79 Å².